The first kappa shape index (κ1) is 14.4. The molecule has 2 aliphatic rings. The predicted octanol–water partition coefficient (Wildman–Crippen LogP) is 4.62. The normalized spacial score (nSPS) is 45.3. The summed E-state index contributed by atoms with van der Waals surface area (Å²) in [5.41, 5.74) is 0.633. The van der Waals surface area contributed by atoms with Gasteiger partial charge in [0.15, 0.2) is 0 Å². The molecule has 0 aromatic rings. The molecule has 0 amide bonds. The lowest BCUT2D eigenvalue weighted by Crippen LogP contribution is -2.34. The molecule has 4 unspecified atom stereocenters. The lowest BCUT2D eigenvalue weighted by Gasteiger charge is -2.42. The van der Waals surface area contributed by atoms with Crippen molar-refractivity contribution in [2.24, 2.45) is 23.2 Å². The van der Waals surface area contributed by atoms with Crippen LogP contribution in [0.15, 0.2) is 0 Å². The van der Waals surface area contributed by atoms with Crippen LogP contribution in [0.3, 0.4) is 0 Å². The van der Waals surface area contributed by atoms with Crippen molar-refractivity contribution in [1.82, 2.24) is 5.32 Å². The summed E-state index contributed by atoms with van der Waals surface area (Å²) in [6.07, 6.45) is 10.0. The Hall–Kier alpha value is -0.0400. The molecule has 2 rings (SSSR count). The highest BCUT2D eigenvalue weighted by Crippen LogP contribution is 2.51. The van der Waals surface area contributed by atoms with E-state index in [0.717, 1.165) is 23.8 Å². The number of hydrogen-bond acceptors (Lipinski definition) is 1. The molecule has 1 heteroatoms. The zero-order valence-electron chi connectivity index (χ0n) is 13.0. The number of nitrogens with one attached hydrogen (secondary N) is 1. The van der Waals surface area contributed by atoms with E-state index in [-0.39, 0.29) is 0 Å². The Morgan fingerprint density at radius 2 is 1.78 bits per heavy atom. The van der Waals surface area contributed by atoms with E-state index in [0.29, 0.717) is 5.41 Å². The van der Waals surface area contributed by atoms with Crippen molar-refractivity contribution < 1.29 is 0 Å². The molecule has 1 N–H and O–H groups in total. The van der Waals surface area contributed by atoms with Crippen LogP contribution in [0, 0.1) is 23.2 Å². The fourth-order valence-electron chi connectivity index (χ4n) is 4.68. The second kappa shape index (κ2) is 5.94. The summed E-state index contributed by atoms with van der Waals surface area (Å²) in [7, 11) is 0. The minimum Gasteiger partial charge on any atom is -0.314 e. The summed E-state index contributed by atoms with van der Waals surface area (Å²) < 4.78 is 0. The van der Waals surface area contributed by atoms with Gasteiger partial charge in [0.25, 0.3) is 0 Å². The van der Waals surface area contributed by atoms with Crippen LogP contribution in [0.25, 0.3) is 0 Å². The van der Waals surface area contributed by atoms with Crippen molar-refractivity contribution in [3.8, 4) is 0 Å². The third kappa shape index (κ3) is 3.29. The molecular formula is C17H33N. The minimum atomic E-state index is 0.633. The molecule has 0 heterocycles. The van der Waals surface area contributed by atoms with Gasteiger partial charge >= 0.3 is 0 Å². The second-order valence-corrected chi connectivity index (χ2v) is 7.66. The Labute approximate surface area is 114 Å². The number of rotatable bonds is 4. The van der Waals surface area contributed by atoms with Gasteiger partial charge in [0.05, 0.1) is 0 Å². The summed E-state index contributed by atoms with van der Waals surface area (Å²) in [5.74, 6) is 2.90. The Kier molecular flexibility index (Phi) is 4.75. The third-order valence-corrected chi connectivity index (χ3v) is 5.62. The van der Waals surface area contributed by atoms with E-state index in [2.05, 4.69) is 33.0 Å². The van der Waals surface area contributed by atoms with Gasteiger partial charge in [-0.1, -0.05) is 27.7 Å². The van der Waals surface area contributed by atoms with Crippen LogP contribution >= 0.6 is 0 Å². The maximum Gasteiger partial charge on any atom is 0.00725 e. The van der Waals surface area contributed by atoms with Gasteiger partial charge in [0, 0.05) is 6.04 Å². The van der Waals surface area contributed by atoms with E-state index < -0.39 is 0 Å². The molecule has 0 aliphatic heterocycles. The highest BCUT2D eigenvalue weighted by Gasteiger charge is 2.43. The van der Waals surface area contributed by atoms with Gasteiger partial charge in [-0.25, -0.2) is 0 Å². The standard InChI is InChI=1S/C17H33N/c1-5-8-18-16-6-7-17(4,12-16)15-10-13(2)9-14(3)11-15/h13-16,18H,5-12H2,1-4H3. The molecule has 2 saturated carbocycles. The van der Waals surface area contributed by atoms with Gasteiger partial charge < -0.3 is 5.32 Å². The fraction of sp³-hybridized carbons (Fsp3) is 1.00. The Balaban J connectivity index is 1.91. The van der Waals surface area contributed by atoms with Crippen molar-refractivity contribution >= 4 is 0 Å². The van der Waals surface area contributed by atoms with Crippen molar-refractivity contribution in [2.75, 3.05) is 6.54 Å². The molecule has 2 aliphatic carbocycles. The maximum absolute atomic E-state index is 3.75. The molecule has 18 heavy (non-hydrogen) atoms. The topological polar surface area (TPSA) is 12.0 Å². The first-order valence-electron chi connectivity index (χ1n) is 8.27. The van der Waals surface area contributed by atoms with Crippen LogP contribution in [-0.2, 0) is 0 Å². The third-order valence-electron chi connectivity index (χ3n) is 5.62. The Morgan fingerprint density at radius 1 is 1.11 bits per heavy atom. The van der Waals surface area contributed by atoms with Gasteiger partial charge in [-0.2, -0.15) is 0 Å². The van der Waals surface area contributed by atoms with Gasteiger partial charge in [-0.15, -0.1) is 0 Å². The molecule has 106 valence electrons. The average molecular weight is 251 g/mol. The lowest BCUT2D eigenvalue weighted by atomic mass is 9.64. The SMILES string of the molecule is CCCNC1CCC(C)(C2CC(C)CC(C)C2)C1. The molecule has 0 bridgehead atoms. The van der Waals surface area contributed by atoms with Crippen LogP contribution < -0.4 is 5.32 Å². The van der Waals surface area contributed by atoms with Crippen molar-refractivity contribution in [3.05, 3.63) is 0 Å². The molecule has 0 radical (unpaired) electrons. The first-order valence-corrected chi connectivity index (χ1v) is 8.27. The quantitative estimate of drug-likeness (QED) is 0.769. The lowest BCUT2D eigenvalue weighted by molar-refractivity contribution is 0.0887. The second-order valence-electron chi connectivity index (χ2n) is 7.66. The Morgan fingerprint density at radius 3 is 2.39 bits per heavy atom. The summed E-state index contributed by atoms with van der Waals surface area (Å²) in [4.78, 5) is 0. The monoisotopic (exact) mass is 251 g/mol. The minimum absolute atomic E-state index is 0.633. The molecule has 2 fully saturated rings. The summed E-state index contributed by atoms with van der Waals surface area (Å²) in [6, 6.07) is 0.808. The van der Waals surface area contributed by atoms with Crippen LogP contribution in [0.1, 0.15) is 72.6 Å². The summed E-state index contributed by atoms with van der Waals surface area (Å²) in [5, 5.41) is 3.75. The molecular weight excluding hydrogens is 218 g/mol. The fourth-order valence-corrected chi connectivity index (χ4v) is 4.68. The van der Waals surface area contributed by atoms with Gasteiger partial charge in [0.1, 0.15) is 0 Å². The van der Waals surface area contributed by atoms with Crippen molar-refractivity contribution in [1.29, 1.82) is 0 Å². The highest BCUT2D eigenvalue weighted by atomic mass is 14.9. The van der Waals surface area contributed by atoms with E-state index in [4.69, 9.17) is 0 Å². The van der Waals surface area contributed by atoms with Crippen LogP contribution in [0.2, 0.25) is 0 Å². The Bertz CT molecular complexity index is 252. The molecule has 0 saturated heterocycles. The van der Waals surface area contributed by atoms with Gasteiger partial charge in [0.2, 0.25) is 0 Å². The number of hydrogen-bond donors (Lipinski definition) is 1. The zero-order chi connectivity index (χ0) is 13.2. The predicted molar refractivity (Wildman–Crippen MR) is 79.7 cm³/mol. The van der Waals surface area contributed by atoms with E-state index in [1.807, 2.05) is 0 Å². The summed E-state index contributed by atoms with van der Waals surface area (Å²) >= 11 is 0. The van der Waals surface area contributed by atoms with Crippen LogP contribution in [0.4, 0.5) is 0 Å². The zero-order valence-corrected chi connectivity index (χ0v) is 13.0. The van der Waals surface area contributed by atoms with E-state index in [1.54, 1.807) is 0 Å². The van der Waals surface area contributed by atoms with Crippen molar-refractivity contribution in [3.63, 3.8) is 0 Å². The first-order chi connectivity index (χ1) is 8.53. The molecule has 0 aromatic heterocycles. The maximum atomic E-state index is 3.75. The molecule has 0 aromatic carbocycles. The average Bonchev–Trinajstić information content (AvgIpc) is 2.69. The van der Waals surface area contributed by atoms with Gasteiger partial charge in [-0.05, 0) is 74.7 Å². The van der Waals surface area contributed by atoms with Crippen molar-refractivity contribution in [2.45, 2.75) is 78.7 Å². The largest absolute Gasteiger partial charge is 0.314 e. The van der Waals surface area contributed by atoms with Crippen LogP contribution in [-0.4, -0.2) is 12.6 Å². The summed E-state index contributed by atoms with van der Waals surface area (Å²) in [6.45, 7) is 11.0. The highest BCUT2D eigenvalue weighted by molar-refractivity contribution is 4.95. The van der Waals surface area contributed by atoms with Crippen LogP contribution in [0.5, 0.6) is 0 Å². The smallest absolute Gasteiger partial charge is 0.00725 e. The van der Waals surface area contributed by atoms with E-state index in [9.17, 15) is 0 Å². The van der Waals surface area contributed by atoms with Gasteiger partial charge in [-0.3, -0.25) is 0 Å². The molecule has 0 spiro atoms. The van der Waals surface area contributed by atoms with E-state index in [1.165, 1.54) is 51.5 Å². The molecule has 4 atom stereocenters. The molecule has 1 nitrogen and oxygen atoms in total. The van der Waals surface area contributed by atoms with E-state index >= 15 is 0 Å².